The van der Waals surface area contributed by atoms with E-state index in [1.807, 2.05) is 24.8 Å². The van der Waals surface area contributed by atoms with Crippen molar-refractivity contribution in [3.05, 3.63) is 66.0 Å². The number of rotatable bonds is 6. The Kier molecular flexibility index (Phi) is 5.86. The minimum absolute atomic E-state index is 0.00300. The molecule has 0 aliphatic carbocycles. The highest BCUT2D eigenvalue weighted by molar-refractivity contribution is 6.04. The standard InChI is InChI=1S/C20H20F3N5O/c1-3-27(4-2)18-11-10-14(20(21,22)23)12-16(18)25-19(29)17-13-24-28(26-17)15-8-6-5-7-9-15/h5-13H,3-4H2,1-2H3,(H,25,29). The highest BCUT2D eigenvalue weighted by atomic mass is 19.4. The summed E-state index contributed by atoms with van der Waals surface area (Å²) in [6, 6.07) is 12.3. The molecule has 152 valence electrons. The van der Waals surface area contributed by atoms with Crippen LogP contribution in [0, 0.1) is 0 Å². The molecule has 0 aliphatic heterocycles. The Labute approximate surface area is 165 Å². The molecule has 0 radical (unpaired) electrons. The van der Waals surface area contributed by atoms with E-state index in [4.69, 9.17) is 0 Å². The zero-order valence-corrected chi connectivity index (χ0v) is 15.9. The molecule has 0 saturated carbocycles. The smallest absolute Gasteiger partial charge is 0.370 e. The summed E-state index contributed by atoms with van der Waals surface area (Å²) in [6.45, 7) is 4.93. The van der Waals surface area contributed by atoms with Crippen LogP contribution in [0.25, 0.3) is 5.69 Å². The third kappa shape index (κ3) is 4.56. The number of carbonyl (C=O) groups excluding carboxylic acids is 1. The van der Waals surface area contributed by atoms with Crippen molar-refractivity contribution in [2.45, 2.75) is 20.0 Å². The van der Waals surface area contributed by atoms with Gasteiger partial charge in [-0.15, -0.1) is 5.10 Å². The lowest BCUT2D eigenvalue weighted by atomic mass is 10.1. The van der Waals surface area contributed by atoms with Crippen molar-refractivity contribution >= 4 is 17.3 Å². The molecule has 2 aromatic carbocycles. The van der Waals surface area contributed by atoms with Gasteiger partial charge in [0.15, 0.2) is 5.69 Å². The van der Waals surface area contributed by atoms with Crippen molar-refractivity contribution < 1.29 is 18.0 Å². The lowest BCUT2D eigenvalue weighted by molar-refractivity contribution is -0.137. The Morgan fingerprint density at radius 1 is 1.10 bits per heavy atom. The second kappa shape index (κ2) is 8.34. The fourth-order valence-corrected chi connectivity index (χ4v) is 2.89. The predicted octanol–water partition coefficient (Wildman–Crippen LogP) is 4.38. The molecule has 9 heteroatoms. The van der Waals surface area contributed by atoms with Crippen molar-refractivity contribution in [2.24, 2.45) is 0 Å². The molecule has 0 atom stereocenters. The molecule has 0 aliphatic rings. The monoisotopic (exact) mass is 403 g/mol. The van der Waals surface area contributed by atoms with Gasteiger partial charge in [-0.05, 0) is 44.2 Å². The Morgan fingerprint density at radius 3 is 2.41 bits per heavy atom. The maximum absolute atomic E-state index is 13.2. The topological polar surface area (TPSA) is 63.1 Å². The van der Waals surface area contributed by atoms with E-state index in [9.17, 15) is 18.0 Å². The second-order valence-electron chi connectivity index (χ2n) is 6.21. The Morgan fingerprint density at radius 2 is 1.79 bits per heavy atom. The van der Waals surface area contributed by atoms with Crippen LogP contribution in [0.4, 0.5) is 24.5 Å². The lowest BCUT2D eigenvalue weighted by Crippen LogP contribution is -2.24. The predicted molar refractivity (Wildman–Crippen MR) is 104 cm³/mol. The van der Waals surface area contributed by atoms with Crippen LogP contribution in [0.2, 0.25) is 0 Å². The number of alkyl halides is 3. The van der Waals surface area contributed by atoms with E-state index < -0.39 is 17.6 Å². The molecule has 0 fully saturated rings. The van der Waals surface area contributed by atoms with Gasteiger partial charge in [-0.3, -0.25) is 4.79 Å². The molecular formula is C20H20F3N5O. The van der Waals surface area contributed by atoms with E-state index in [1.165, 1.54) is 17.1 Å². The summed E-state index contributed by atoms with van der Waals surface area (Å²) in [4.78, 5) is 15.8. The van der Waals surface area contributed by atoms with Crippen LogP contribution in [0.3, 0.4) is 0 Å². The van der Waals surface area contributed by atoms with Crippen LogP contribution < -0.4 is 10.2 Å². The highest BCUT2D eigenvalue weighted by Crippen LogP contribution is 2.35. The van der Waals surface area contributed by atoms with Crippen LogP contribution in [0.15, 0.2) is 54.7 Å². The number of benzene rings is 2. The van der Waals surface area contributed by atoms with E-state index in [2.05, 4.69) is 15.5 Å². The van der Waals surface area contributed by atoms with Gasteiger partial charge in [-0.1, -0.05) is 18.2 Å². The first kappa shape index (κ1) is 20.4. The summed E-state index contributed by atoms with van der Waals surface area (Å²) in [5.74, 6) is -0.639. The average molecular weight is 403 g/mol. The van der Waals surface area contributed by atoms with Gasteiger partial charge in [-0.2, -0.15) is 23.1 Å². The van der Waals surface area contributed by atoms with Gasteiger partial charge < -0.3 is 10.2 Å². The van der Waals surface area contributed by atoms with E-state index >= 15 is 0 Å². The molecule has 3 aromatic rings. The lowest BCUT2D eigenvalue weighted by Gasteiger charge is -2.25. The number of aromatic nitrogens is 3. The largest absolute Gasteiger partial charge is 0.416 e. The molecule has 0 bridgehead atoms. The van der Waals surface area contributed by atoms with Crippen LogP contribution >= 0.6 is 0 Å². The fraction of sp³-hybridized carbons (Fsp3) is 0.250. The van der Waals surface area contributed by atoms with Crippen molar-refractivity contribution in [3.8, 4) is 5.69 Å². The summed E-state index contributed by atoms with van der Waals surface area (Å²) in [5, 5.41) is 10.7. The molecule has 29 heavy (non-hydrogen) atoms. The van der Waals surface area contributed by atoms with Gasteiger partial charge in [-0.25, -0.2) is 0 Å². The van der Waals surface area contributed by atoms with Gasteiger partial charge in [0, 0.05) is 13.1 Å². The summed E-state index contributed by atoms with van der Waals surface area (Å²) >= 11 is 0. The summed E-state index contributed by atoms with van der Waals surface area (Å²) in [7, 11) is 0. The minimum atomic E-state index is -4.52. The number of hydrogen-bond acceptors (Lipinski definition) is 4. The van der Waals surface area contributed by atoms with Crippen LogP contribution in [-0.2, 0) is 6.18 Å². The van der Waals surface area contributed by atoms with Gasteiger partial charge >= 0.3 is 6.18 Å². The van der Waals surface area contributed by atoms with E-state index in [0.29, 0.717) is 24.5 Å². The van der Waals surface area contributed by atoms with Crippen molar-refractivity contribution in [2.75, 3.05) is 23.3 Å². The van der Waals surface area contributed by atoms with Crippen molar-refractivity contribution in [3.63, 3.8) is 0 Å². The molecular weight excluding hydrogens is 383 g/mol. The van der Waals surface area contributed by atoms with Gasteiger partial charge in [0.1, 0.15) is 0 Å². The number of amides is 1. The molecule has 0 unspecified atom stereocenters. The average Bonchev–Trinajstić information content (AvgIpc) is 3.20. The molecule has 1 aromatic heterocycles. The van der Waals surface area contributed by atoms with E-state index in [-0.39, 0.29) is 11.4 Å². The molecule has 1 amide bonds. The molecule has 6 nitrogen and oxygen atoms in total. The molecule has 0 saturated heterocycles. The number of anilines is 2. The van der Waals surface area contributed by atoms with Crippen molar-refractivity contribution in [1.29, 1.82) is 0 Å². The zero-order valence-electron chi connectivity index (χ0n) is 15.9. The molecule has 1 N–H and O–H groups in total. The van der Waals surface area contributed by atoms with Gasteiger partial charge in [0.05, 0.1) is 28.8 Å². The number of halogens is 3. The van der Waals surface area contributed by atoms with Gasteiger partial charge in [0.2, 0.25) is 0 Å². The Hall–Kier alpha value is -3.36. The Bertz CT molecular complexity index is 981. The van der Waals surface area contributed by atoms with Crippen LogP contribution in [-0.4, -0.2) is 34.0 Å². The molecule has 0 spiro atoms. The highest BCUT2D eigenvalue weighted by Gasteiger charge is 2.31. The first-order valence-electron chi connectivity index (χ1n) is 9.08. The number of carbonyl (C=O) groups is 1. The fourth-order valence-electron chi connectivity index (χ4n) is 2.89. The summed E-state index contributed by atoms with van der Waals surface area (Å²) < 4.78 is 39.5. The Balaban J connectivity index is 1.91. The zero-order chi connectivity index (χ0) is 21.0. The quantitative estimate of drug-likeness (QED) is 0.663. The second-order valence-corrected chi connectivity index (χ2v) is 6.21. The number of nitrogens with zero attached hydrogens (tertiary/aromatic N) is 4. The normalized spacial score (nSPS) is 11.3. The minimum Gasteiger partial charge on any atom is -0.370 e. The maximum atomic E-state index is 13.2. The third-order valence-electron chi connectivity index (χ3n) is 4.39. The maximum Gasteiger partial charge on any atom is 0.416 e. The first-order chi connectivity index (χ1) is 13.8. The molecule has 3 rings (SSSR count). The van der Waals surface area contributed by atoms with E-state index in [1.54, 1.807) is 24.3 Å². The van der Waals surface area contributed by atoms with E-state index in [0.717, 1.165) is 12.1 Å². The molecule has 1 heterocycles. The third-order valence-corrected chi connectivity index (χ3v) is 4.39. The number of hydrogen-bond donors (Lipinski definition) is 1. The summed E-state index contributed by atoms with van der Waals surface area (Å²) in [5.41, 5.74) is 0.400. The van der Waals surface area contributed by atoms with Crippen molar-refractivity contribution in [1.82, 2.24) is 15.0 Å². The number of nitrogens with one attached hydrogen (secondary N) is 1. The van der Waals surface area contributed by atoms with Crippen LogP contribution in [0.1, 0.15) is 29.9 Å². The van der Waals surface area contributed by atoms with Gasteiger partial charge in [0.25, 0.3) is 5.91 Å². The summed E-state index contributed by atoms with van der Waals surface area (Å²) in [6.07, 6.45) is -3.25. The van der Waals surface area contributed by atoms with Crippen LogP contribution in [0.5, 0.6) is 0 Å². The number of para-hydroxylation sites is 1. The SMILES string of the molecule is CCN(CC)c1ccc(C(F)(F)F)cc1NC(=O)c1cnn(-c2ccccc2)n1. The first-order valence-corrected chi connectivity index (χ1v) is 9.08.